The van der Waals surface area contributed by atoms with Crippen molar-refractivity contribution in [2.45, 2.75) is 26.6 Å². The molecule has 0 unspecified atom stereocenters. The van der Waals surface area contributed by atoms with Crippen LogP contribution in [0.5, 0.6) is 11.5 Å². The molecular formula is C23H21BrCl3NO2. The standard InChI is InChI=1S/C23H21BrCl3NO2/c1-2-29-22-11-15(12-28-13-16-6-3-4-7-19(16)25)10-18(24)23(22)30-14-17-20(26)8-5-9-21(17)27/h3-11,28H,2,12-14H2,1H3. The van der Waals surface area contributed by atoms with Crippen LogP contribution in [0.4, 0.5) is 0 Å². The molecule has 3 aromatic rings. The first-order valence-electron chi connectivity index (χ1n) is 9.44. The molecule has 0 bridgehead atoms. The Morgan fingerprint density at radius 3 is 2.27 bits per heavy atom. The minimum Gasteiger partial charge on any atom is -0.490 e. The van der Waals surface area contributed by atoms with Crippen LogP contribution in [0.2, 0.25) is 15.1 Å². The SMILES string of the molecule is CCOc1cc(CNCc2ccccc2Cl)cc(Br)c1OCc1c(Cl)cccc1Cl. The number of hydrogen-bond donors (Lipinski definition) is 1. The molecule has 0 saturated heterocycles. The fourth-order valence-corrected chi connectivity index (χ4v) is 4.24. The van der Waals surface area contributed by atoms with Gasteiger partial charge in [-0.15, -0.1) is 0 Å². The highest BCUT2D eigenvalue weighted by atomic mass is 79.9. The van der Waals surface area contributed by atoms with Gasteiger partial charge in [-0.2, -0.15) is 0 Å². The van der Waals surface area contributed by atoms with E-state index < -0.39 is 0 Å². The van der Waals surface area contributed by atoms with Gasteiger partial charge in [-0.05, 0) is 64.3 Å². The van der Waals surface area contributed by atoms with Crippen molar-refractivity contribution in [2.75, 3.05) is 6.61 Å². The first-order chi connectivity index (χ1) is 14.5. The van der Waals surface area contributed by atoms with Crippen molar-refractivity contribution in [3.63, 3.8) is 0 Å². The predicted molar refractivity (Wildman–Crippen MR) is 128 cm³/mol. The maximum Gasteiger partial charge on any atom is 0.175 e. The van der Waals surface area contributed by atoms with Crippen LogP contribution in [-0.4, -0.2) is 6.61 Å². The summed E-state index contributed by atoms with van der Waals surface area (Å²) in [6, 6.07) is 17.2. The summed E-state index contributed by atoms with van der Waals surface area (Å²) in [7, 11) is 0. The largest absolute Gasteiger partial charge is 0.490 e. The summed E-state index contributed by atoms with van der Waals surface area (Å²) >= 11 is 22.3. The molecule has 0 radical (unpaired) electrons. The van der Waals surface area contributed by atoms with Crippen molar-refractivity contribution in [2.24, 2.45) is 0 Å². The molecule has 0 fully saturated rings. The monoisotopic (exact) mass is 527 g/mol. The summed E-state index contributed by atoms with van der Waals surface area (Å²) in [5, 5.41) is 5.30. The van der Waals surface area contributed by atoms with Gasteiger partial charge < -0.3 is 14.8 Å². The molecule has 7 heteroatoms. The summed E-state index contributed by atoms with van der Waals surface area (Å²) in [6.07, 6.45) is 0. The smallest absolute Gasteiger partial charge is 0.175 e. The first kappa shape index (κ1) is 23.2. The van der Waals surface area contributed by atoms with E-state index >= 15 is 0 Å². The zero-order valence-corrected chi connectivity index (χ0v) is 20.2. The van der Waals surface area contributed by atoms with Gasteiger partial charge >= 0.3 is 0 Å². The van der Waals surface area contributed by atoms with Gasteiger partial charge in [0, 0.05) is 33.7 Å². The molecule has 0 aliphatic carbocycles. The van der Waals surface area contributed by atoms with E-state index in [-0.39, 0.29) is 6.61 Å². The molecule has 0 saturated carbocycles. The second kappa shape index (κ2) is 11.3. The number of ether oxygens (including phenoxy) is 2. The quantitative estimate of drug-likeness (QED) is 0.308. The molecule has 0 atom stereocenters. The molecular weight excluding hydrogens is 509 g/mol. The lowest BCUT2D eigenvalue weighted by atomic mass is 10.1. The molecule has 0 amide bonds. The summed E-state index contributed by atoms with van der Waals surface area (Å²) in [5.74, 6) is 1.27. The third-order valence-corrected chi connectivity index (χ3v) is 6.06. The minimum absolute atomic E-state index is 0.237. The highest BCUT2D eigenvalue weighted by Crippen LogP contribution is 2.38. The van der Waals surface area contributed by atoms with Crippen LogP contribution in [-0.2, 0) is 19.7 Å². The Labute approximate surface area is 200 Å². The lowest BCUT2D eigenvalue weighted by molar-refractivity contribution is 0.267. The van der Waals surface area contributed by atoms with Gasteiger partial charge in [-0.25, -0.2) is 0 Å². The van der Waals surface area contributed by atoms with Gasteiger partial charge in [0.15, 0.2) is 11.5 Å². The van der Waals surface area contributed by atoms with Gasteiger partial charge in [0.25, 0.3) is 0 Å². The molecule has 0 spiro atoms. The van der Waals surface area contributed by atoms with Crippen LogP contribution < -0.4 is 14.8 Å². The van der Waals surface area contributed by atoms with Crippen molar-refractivity contribution < 1.29 is 9.47 Å². The predicted octanol–water partition coefficient (Wildman–Crippen LogP) is 7.68. The normalized spacial score (nSPS) is 10.8. The third kappa shape index (κ3) is 6.05. The summed E-state index contributed by atoms with van der Waals surface area (Å²) in [4.78, 5) is 0. The second-order valence-corrected chi connectivity index (χ2v) is 8.60. The van der Waals surface area contributed by atoms with E-state index in [1.165, 1.54) is 0 Å². The molecule has 0 heterocycles. The van der Waals surface area contributed by atoms with Crippen molar-refractivity contribution in [1.82, 2.24) is 5.32 Å². The van der Waals surface area contributed by atoms with Crippen LogP contribution in [0.1, 0.15) is 23.6 Å². The average molecular weight is 530 g/mol. The molecule has 3 aromatic carbocycles. The van der Waals surface area contributed by atoms with Gasteiger partial charge in [0.1, 0.15) is 6.61 Å². The zero-order valence-electron chi connectivity index (χ0n) is 16.4. The Bertz CT molecular complexity index is 993. The zero-order chi connectivity index (χ0) is 21.5. The molecule has 3 nitrogen and oxygen atoms in total. The first-order valence-corrected chi connectivity index (χ1v) is 11.4. The Kier molecular flexibility index (Phi) is 8.72. The lowest BCUT2D eigenvalue weighted by Crippen LogP contribution is -2.13. The Morgan fingerprint density at radius 2 is 1.57 bits per heavy atom. The Morgan fingerprint density at radius 1 is 0.867 bits per heavy atom. The minimum atomic E-state index is 0.237. The van der Waals surface area contributed by atoms with Gasteiger partial charge in [-0.3, -0.25) is 0 Å². The number of hydrogen-bond acceptors (Lipinski definition) is 3. The third-order valence-electron chi connectivity index (χ3n) is 4.39. The van der Waals surface area contributed by atoms with E-state index in [1.807, 2.05) is 43.3 Å². The van der Waals surface area contributed by atoms with Gasteiger partial charge in [0.05, 0.1) is 11.1 Å². The highest BCUT2D eigenvalue weighted by molar-refractivity contribution is 9.10. The molecule has 0 aliphatic rings. The van der Waals surface area contributed by atoms with Crippen LogP contribution in [0.25, 0.3) is 0 Å². The lowest BCUT2D eigenvalue weighted by Gasteiger charge is -2.17. The number of halogens is 4. The van der Waals surface area contributed by atoms with E-state index in [4.69, 9.17) is 44.3 Å². The van der Waals surface area contributed by atoms with Crippen molar-refractivity contribution in [1.29, 1.82) is 0 Å². The number of rotatable bonds is 9. The number of nitrogens with one attached hydrogen (secondary N) is 1. The Hall–Kier alpha value is -1.43. The van der Waals surface area contributed by atoms with Crippen molar-refractivity contribution >= 4 is 50.7 Å². The molecule has 1 N–H and O–H groups in total. The van der Waals surface area contributed by atoms with Gasteiger partial charge in [-0.1, -0.05) is 59.1 Å². The van der Waals surface area contributed by atoms with E-state index in [9.17, 15) is 0 Å². The fourth-order valence-electron chi connectivity index (χ4n) is 2.92. The van der Waals surface area contributed by atoms with Crippen LogP contribution >= 0.6 is 50.7 Å². The molecule has 0 aliphatic heterocycles. The summed E-state index contributed by atoms with van der Waals surface area (Å²) < 4.78 is 12.7. The van der Waals surface area contributed by atoms with Gasteiger partial charge in [0.2, 0.25) is 0 Å². The molecule has 3 rings (SSSR count). The van der Waals surface area contributed by atoms with E-state index in [1.54, 1.807) is 18.2 Å². The van der Waals surface area contributed by atoms with Crippen LogP contribution in [0.3, 0.4) is 0 Å². The average Bonchev–Trinajstić information content (AvgIpc) is 2.71. The van der Waals surface area contributed by atoms with E-state index in [2.05, 4.69) is 21.2 Å². The number of benzene rings is 3. The fraction of sp³-hybridized carbons (Fsp3) is 0.217. The molecule has 0 aromatic heterocycles. The Balaban J connectivity index is 1.72. The summed E-state index contributed by atoms with van der Waals surface area (Å²) in [6.45, 7) is 4.02. The summed E-state index contributed by atoms with van der Waals surface area (Å²) in [5.41, 5.74) is 2.85. The van der Waals surface area contributed by atoms with Crippen molar-refractivity contribution in [3.8, 4) is 11.5 Å². The topological polar surface area (TPSA) is 30.5 Å². The van der Waals surface area contributed by atoms with Crippen LogP contribution in [0, 0.1) is 0 Å². The molecule has 30 heavy (non-hydrogen) atoms. The highest BCUT2D eigenvalue weighted by Gasteiger charge is 2.14. The second-order valence-electron chi connectivity index (χ2n) is 6.52. The van der Waals surface area contributed by atoms with Crippen molar-refractivity contribution in [3.05, 3.63) is 90.8 Å². The van der Waals surface area contributed by atoms with Crippen LogP contribution in [0.15, 0.2) is 59.1 Å². The molecule has 158 valence electrons. The van der Waals surface area contributed by atoms with E-state index in [0.29, 0.717) is 41.2 Å². The van der Waals surface area contributed by atoms with E-state index in [0.717, 1.165) is 26.2 Å². The maximum absolute atomic E-state index is 6.26. The maximum atomic E-state index is 6.26.